The summed E-state index contributed by atoms with van der Waals surface area (Å²) in [5, 5.41) is 24.4. The second-order valence-corrected chi connectivity index (χ2v) is 12.9. The molecule has 0 radical (unpaired) electrons. The lowest BCUT2D eigenvalue weighted by molar-refractivity contribution is -0.146. The average Bonchev–Trinajstić information content (AvgIpc) is 3.06. The van der Waals surface area contributed by atoms with Crippen LogP contribution in [0, 0.1) is 30.4 Å². The molecule has 2 saturated carbocycles. The molecule has 0 spiro atoms. The molecule has 7 nitrogen and oxygen atoms in total. The highest BCUT2D eigenvalue weighted by Gasteiger charge is 2.59. The van der Waals surface area contributed by atoms with Gasteiger partial charge in [0, 0.05) is 23.5 Å². The number of aliphatic hydroxyl groups excluding tert-OH is 1. The first-order chi connectivity index (χ1) is 18.4. The fraction of sp³-hybridized carbons (Fsp3) is 0.357. The number of aliphatic hydroxyl groups is 2. The molecule has 5 rings (SSSR count). The number of hydrogen-bond donors (Lipinski definition) is 3. The van der Waals surface area contributed by atoms with Crippen molar-refractivity contribution in [3.63, 3.8) is 0 Å². The molecule has 2 bridgehead atoms. The molecule has 2 unspecified atom stereocenters. The van der Waals surface area contributed by atoms with Crippen LogP contribution in [0.2, 0.25) is 5.02 Å². The van der Waals surface area contributed by atoms with E-state index >= 15 is 0 Å². The van der Waals surface area contributed by atoms with Crippen LogP contribution in [-0.4, -0.2) is 40.4 Å². The molecule has 3 N–H and O–H groups in total. The maximum atomic E-state index is 13.8. The number of rotatable bonds is 6. The van der Waals surface area contributed by atoms with Gasteiger partial charge in [-0.3, -0.25) is 9.78 Å². The van der Waals surface area contributed by atoms with Crippen LogP contribution in [0.15, 0.2) is 59.6 Å². The van der Waals surface area contributed by atoms with Crippen molar-refractivity contribution in [2.24, 2.45) is 11.8 Å². The summed E-state index contributed by atoms with van der Waals surface area (Å²) in [7, 11) is -4.04. The molecule has 39 heavy (non-hydrogen) atoms. The number of fused-ring (bicyclic) bond motifs is 2. The smallest absolute Gasteiger partial charge is 0.255 e. The zero-order valence-corrected chi connectivity index (χ0v) is 22.5. The lowest BCUT2D eigenvalue weighted by atomic mass is 9.70. The van der Waals surface area contributed by atoms with Crippen LogP contribution >= 0.6 is 11.6 Å². The summed E-state index contributed by atoms with van der Waals surface area (Å²) >= 11 is 6.30. The van der Waals surface area contributed by atoms with Crippen molar-refractivity contribution < 1.29 is 32.2 Å². The Bertz CT molecular complexity index is 1540. The second kappa shape index (κ2) is 10.2. The molecule has 2 aliphatic rings. The highest BCUT2D eigenvalue weighted by molar-refractivity contribution is 7.92. The van der Waals surface area contributed by atoms with Crippen LogP contribution in [0.5, 0.6) is 0 Å². The number of halogens is 3. The maximum absolute atomic E-state index is 13.8. The molecule has 1 heterocycles. The van der Waals surface area contributed by atoms with Crippen LogP contribution in [0.4, 0.5) is 14.5 Å². The Labute approximate surface area is 229 Å². The van der Waals surface area contributed by atoms with E-state index in [0.29, 0.717) is 18.5 Å². The Hall–Kier alpha value is -2.92. The van der Waals surface area contributed by atoms with E-state index in [0.717, 1.165) is 17.7 Å². The molecule has 1 amide bonds. The Balaban J connectivity index is 1.39. The summed E-state index contributed by atoms with van der Waals surface area (Å²) in [5.41, 5.74) is -0.429. The summed E-state index contributed by atoms with van der Waals surface area (Å²) in [6.07, 6.45) is 1.62. The number of benzene rings is 2. The van der Waals surface area contributed by atoms with Gasteiger partial charge in [-0.2, -0.15) is 0 Å². The third-order valence-corrected chi connectivity index (χ3v) is 10.8. The number of aryl methyl sites for hydroxylation is 1. The Kier molecular flexibility index (Phi) is 7.26. The SMILES string of the molecule is Cc1cccnc1C(O)[C@@]1(O)C2CC[C@H]1C[C@H](S(=O)(=O)c1cc(C(=O)Nc3ccc(F)c(F)c3)ccc1Cl)C2. The van der Waals surface area contributed by atoms with Gasteiger partial charge < -0.3 is 15.5 Å². The third-order valence-electron chi connectivity index (χ3n) is 8.13. The number of carbonyl (C=O) groups excluding carboxylic acids is 1. The zero-order chi connectivity index (χ0) is 28.1. The van der Waals surface area contributed by atoms with Crippen LogP contribution in [0.1, 0.15) is 53.4 Å². The van der Waals surface area contributed by atoms with Crippen LogP contribution in [0.3, 0.4) is 0 Å². The predicted octanol–water partition coefficient (Wildman–Crippen LogP) is 5.00. The van der Waals surface area contributed by atoms with Gasteiger partial charge >= 0.3 is 0 Å². The number of nitrogens with zero attached hydrogens (tertiary/aromatic N) is 1. The predicted molar refractivity (Wildman–Crippen MR) is 141 cm³/mol. The van der Waals surface area contributed by atoms with E-state index in [1.807, 2.05) is 0 Å². The number of pyridine rings is 1. The van der Waals surface area contributed by atoms with Crippen molar-refractivity contribution in [1.82, 2.24) is 4.98 Å². The first-order valence-corrected chi connectivity index (χ1v) is 14.5. The Morgan fingerprint density at radius 2 is 1.79 bits per heavy atom. The average molecular weight is 577 g/mol. The second-order valence-electron chi connectivity index (χ2n) is 10.3. The molecule has 11 heteroatoms. The first kappa shape index (κ1) is 27.6. The third kappa shape index (κ3) is 4.84. The number of nitrogens with one attached hydrogen (secondary N) is 1. The number of aromatic nitrogens is 1. The first-order valence-electron chi connectivity index (χ1n) is 12.5. The largest absolute Gasteiger partial charge is 0.386 e. The van der Waals surface area contributed by atoms with E-state index in [1.54, 1.807) is 25.3 Å². The van der Waals surface area contributed by atoms with Crippen molar-refractivity contribution in [2.75, 3.05) is 5.32 Å². The molecule has 1 aromatic heterocycles. The summed E-state index contributed by atoms with van der Waals surface area (Å²) < 4.78 is 54.3. The minimum atomic E-state index is -4.04. The van der Waals surface area contributed by atoms with Gasteiger partial charge in [-0.1, -0.05) is 17.7 Å². The summed E-state index contributed by atoms with van der Waals surface area (Å²) in [5.74, 6) is -3.88. The summed E-state index contributed by atoms with van der Waals surface area (Å²) in [6.45, 7) is 1.80. The molecule has 0 aliphatic heterocycles. The highest BCUT2D eigenvalue weighted by Crippen LogP contribution is 2.56. The molecule has 206 valence electrons. The van der Waals surface area contributed by atoms with Gasteiger partial charge in [0.1, 0.15) is 11.7 Å². The lowest BCUT2D eigenvalue weighted by Gasteiger charge is -2.45. The molecule has 2 aliphatic carbocycles. The van der Waals surface area contributed by atoms with Gasteiger partial charge in [0.05, 0.1) is 20.9 Å². The van der Waals surface area contributed by atoms with E-state index in [2.05, 4.69) is 10.3 Å². The fourth-order valence-corrected chi connectivity index (χ4v) is 8.47. The van der Waals surface area contributed by atoms with E-state index in [-0.39, 0.29) is 34.0 Å². The van der Waals surface area contributed by atoms with Crippen molar-refractivity contribution in [2.45, 2.75) is 54.5 Å². The minimum Gasteiger partial charge on any atom is -0.386 e. The van der Waals surface area contributed by atoms with Crippen LogP contribution < -0.4 is 5.32 Å². The lowest BCUT2D eigenvalue weighted by Crippen LogP contribution is -2.52. The molecule has 0 saturated heterocycles. The van der Waals surface area contributed by atoms with Crippen molar-refractivity contribution in [3.8, 4) is 0 Å². The Morgan fingerprint density at radius 1 is 1.10 bits per heavy atom. The highest BCUT2D eigenvalue weighted by atomic mass is 35.5. The monoisotopic (exact) mass is 576 g/mol. The molecule has 3 aromatic rings. The van der Waals surface area contributed by atoms with Crippen molar-refractivity contribution >= 4 is 33.0 Å². The number of anilines is 1. The summed E-state index contributed by atoms with van der Waals surface area (Å²) in [6, 6.07) is 10.2. The van der Waals surface area contributed by atoms with E-state index < -0.39 is 56.2 Å². The molecular formula is C28H27ClF2N2O5S. The van der Waals surface area contributed by atoms with Crippen LogP contribution in [-0.2, 0) is 9.84 Å². The van der Waals surface area contributed by atoms with Crippen molar-refractivity contribution in [1.29, 1.82) is 0 Å². The van der Waals surface area contributed by atoms with Gasteiger partial charge in [-0.15, -0.1) is 0 Å². The van der Waals surface area contributed by atoms with E-state index in [9.17, 15) is 32.2 Å². The molecule has 5 atom stereocenters. The van der Waals surface area contributed by atoms with E-state index in [1.165, 1.54) is 24.3 Å². The molecule has 2 aromatic carbocycles. The quantitative estimate of drug-likeness (QED) is 0.380. The van der Waals surface area contributed by atoms with Crippen molar-refractivity contribution in [3.05, 3.63) is 88.2 Å². The number of sulfone groups is 1. The molecular weight excluding hydrogens is 550 g/mol. The number of amides is 1. The number of carbonyl (C=O) groups is 1. The van der Waals surface area contributed by atoms with Gasteiger partial charge in [0.25, 0.3) is 5.91 Å². The number of hydrogen-bond acceptors (Lipinski definition) is 6. The van der Waals surface area contributed by atoms with Gasteiger partial charge in [0.2, 0.25) is 0 Å². The standard InChI is InChI=1S/C28H27ClF2N2O5S/c1-15-3-2-10-32-25(15)26(34)28(36)17-5-6-18(28)13-20(12-17)39(37,38)24-11-16(4-8-21(24)29)27(35)33-19-7-9-22(30)23(31)14-19/h2-4,7-11,14,17-18,20,26,34,36H,5-6,12-13H2,1H3,(H,33,35)/t17-,18?,20-,26?,28-/m0/s1. The normalized spacial score (nSPS) is 25.3. The maximum Gasteiger partial charge on any atom is 0.255 e. The van der Waals surface area contributed by atoms with Crippen LogP contribution in [0.25, 0.3) is 0 Å². The Morgan fingerprint density at radius 3 is 2.44 bits per heavy atom. The van der Waals surface area contributed by atoms with Gasteiger partial charge in [-0.05, 0) is 86.4 Å². The fourth-order valence-electron chi connectivity index (χ4n) is 6.06. The summed E-state index contributed by atoms with van der Waals surface area (Å²) in [4.78, 5) is 16.8. The molecule has 2 fully saturated rings. The van der Waals surface area contributed by atoms with E-state index in [4.69, 9.17) is 11.6 Å². The zero-order valence-electron chi connectivity index (χ0n) is 20.9. The van der Waals surface area contributed by atoms with Gasteiger partial charge in [0.15, 0.2) is 21.5 Å². The van der Waals surface area contributed by atoms with Gasteiger partial charge in [-0.25, -0.2) is 17.2 Å². The topological polar surface area (TPSA) is 117 Å². The minimum absolute atomic E-state index is 0.00287.